The lowest BCUT2D eigenvalue weighted by atomic mass is 10.0. The molecule has 0 aromatic heterocycles. The highest BCUT2D eigenvalue weighted by Crippen LogP contribution is 2.35. The van der Waals surface area contributed by atoms with Gasteiger partial charge in [-0.3, -0.25) is 10.1 Å². The van der Waals surface area contributed by atoms with Crippen molar-refractivity contribution < 1.29 is 4.79 Å². The Morgan fingerprint density at radius 1 is 1.50 bits per heavy atom. The van der Waals surface area contributed by atoms with Gasteiger partial charge in [-0.1, -0.05) is 17.7 Å². The Hall–Kier alpha value is -1.84. The van der Waals surface area contributed by atoms with Gasteiger partial charge in [-0.25, -0.2) is 4.99 Å². The van der Waals surface area contributed by atoms with E-state index >= 15 is 0 Å². The van der Waals surface area contributed by atoms with Crippen LogP contribution in [0.4, 0.5) is 5.69 Å². The van der Waals surface area contributed by atoms with Crippen molar-refractivity contribution in [2.24, 2.45) is 4.99 Å². The van der Waals surface area contributed by atoms with Crippen molar-refractivity contribution in [3.8, 4) is 0 Å². The first-order valence-corrected chi connectivity index (χ1v) is 5.41. The van der Waals surface area contributed by atoms with Crippen molar-refractivity contribution >= 4 is 17.6 Å². The van der Waals surface area contributed by atoms with Crippen LogP contribution in [0.1, 0.15) is 24.1 Å². The van der Waals surface area contributed by atoms with Crippen LogP contribution in [0.25, 0.3) is 0 Å². The second-order valence-corrected chi connectivity index (χ2v) is 4.35. The lowest BCUT2D eigenvalue weighted by Crippen LogP contribution is -2.34. The highest BCUT2D eigenvalue weighted by Gasteiger charge is 2.33. The second-order valence-electron chi connectivity index (χ2n) is 4.35. The second kappa shape index (κ2) is 3.07. The Bertz CT molecular complexity index is 507. The summed E-state index contributed by atoms with van der Waals surface area (Å²) in [5.41, 5.74) is 3.38. The number of fused-ring (bicyclic) bond motifs is 2. The molecule has 1 atom stereocenters. The Labute approximate surface area is 94.0 Å². The molecule has 1 aromatic carbocycles. The van der Waals surface area contributed by atoms with Crippen molar-refractivity contribution in [3.63, 3.8) is 0 Å². The monoisotopic (exact) mass is 215 g/mol. The number of guanidine groups is 1. The van der Waals surface area contributed by atoms with E-state index in [1.165, 1.54) is 11.1 Å². The molecule has 4 heteroatoms. The molecule has 0 radical (unpaired) electrons. The van der Waals surface area contributed by atoms with Gasteiger partial charge in [-0.05, 0) is 19.9 Å². The quantitative estimate of drug-likeness (QED) is 0.712. The van der Waals surface area contributed by atoms with Crippen LogP contribution in [0.3, 0.4) is 0 Å². The fourth-order valence-electron chi connectivity index (χ4n) is 2.27. The SMILES string of the molecule is Cc1ccc2c(c1)C(C)N1CC(=O)NC1=N2. The normalized spacial score (nSPS) is 22.4. The molecular weight excluding hydrogens is 202 g/mol. The van der Waals surface area contributed by atoms with Gasteiger partial charge in [-0.15, -0.1) is 0 Å². The van der Waals surface area contributed by atoms with E-state index in [1.807, 2.05) is 17.0 Å². The molecule has 1 aromatic rings. The largest absolute Gasteiger partial charge is 0.326 e. The number of rotatable bonds is 0. The summed E-state index contributed by atoms with van der Waals surface area (Å²) in [5, 5.41) is 2.78. The van der Waals surface area contributed by atoms with Crippen molar-refractivity contribution in [1.82, 2.24) is 10.2 Å². The summed E-state index contributed by atoms with van der Waals surface area (Å²) >= 11 is 0. The van der Waals surface area contributed by atoms with Gasteiger partial charge < -0.3 is 4.90 Å². The first-order valence-electron chi connectivity index (χ1n) is 5.41. The zero-order chi connectivity index (χ0) is 11.3. The summed E-state index contributed by atoms with van der Waals surface area (Å²) in [6.45, 7) is 4.58. The lowest BCUT2D eigenvalue weighted by molar-refractivity contribution is -0.118. The van der Waals surface area contributed by atoms with Gasteiger partial charge in [0.25, 0.3) is 0 Å². The van der Waals surface area contributed by atoms with Gasteiger partial charge in [0.15, 0.2) is 0 Å². The fraction of sp³-hybridized carbons (Fsp3) is 0.333. The minimum Gasteiger partial charge on any atom is -0.326 e. The Balaban J connectivity index is 2.13. The van der Waals surface area contributed by atoms with Crippen LogP contribution in [-0.2, 0) is 4.79 Å². The predicted molar refractivity (Wildman–Crippen MR) is 61.5 cm³/mol. The number of nitrogens with zero attached hydrogens (tertiary/aromatic N) is 2. The summed E-state index contributed by atoms with van der Waals surface area (Å²) in [7, 11) is 0. The van der Waals surface area contributed by atoms with Crippen molar-refractivity contribution in [2.45, 2.75) is 19.9 Å². The average molecular weight is 215 g/mol. The number of hydrogen-bond donors (Lipinski definition) is 1. The minimum atomic E-state index is 0.0233. The van der Waals surface area contributed by atoms with Crippen LogP contribution in [0.15, 0.2) is 23.2 Å². The topological polar surface area (TPSA) is 44.7 Å². The molecule has 0 bridgehead atoms. The fourth-order valence-corrected chi connectivity index (χ4v) is 2.27. The minimum absolute atomic E-state index is 0.0233. The first kappa shape index (κ1) is 9.39. The van der Waals surface area contributed by atoms with E-state index in [0.717, 1.165) is 5.69 Å². The van der Waals surface area contributed by atoms with Crippen LogP contribution in [0.5, 0.6) is 0 Å². The van der Waals surface area contributed by atoms with Gasteiger partial charge in [0.1, 0.15) is 6.54 Å². The Kier molecular flexibility index (Phi) is 1.80. The highest BCUT2D eigenvalue weighted by molar-refractivity contribution is 6.06. The molecule has 0 aliphatic carbocycles. The molecule has 1 unspecified atom stereocenters. The van der Waals surface area contributed by atoms with Gasteiger partial charge in [0.2, 0.25) is 11.9 Å². The van der Waals surface area contributed by atoms with E-state index in [2.05, 4.69) is 30.2 Å². The third-order valence-corrected chi connectivity index (χ3v) is 3.16. The molecular formula is C12H13N3O. The zero-order valence-electron chi connectivity index (χ0n) is 9.32. The van der Waals surface area contributed by atoms with E-state index in [9.17, 15) is 4.79 Å². The number of benzene rings is 1. The Morgan fingerprint density at radius 2 is 2.31 bits per heavy atom. The molecule has 1 fully saturated rings. The highest BCUT2D eigenvalue weighted by atomic mass is 16.2. The maximum atomic E-state index is 11.3. The van der Waals surface area contributed by atoms with Gasteiger partial charge >= 0.3 is 0 Å². The molecule has 2 aliphatic heterocycles. The van der Waals surface area contributed by atoms with Gasteiger partial charge in [-0.2, -0.15) is 0 Å². The summed E-state index contributed by atoms with van der Waals surface area (Å²) < 4.78 is 0. The van der Waals surface area contributed by atoms with Gasteiger partial charge in [0, 0.05) is 5.56 Å². The summed E-state index contributed by atoms with van der Waals surface area (Å²) in [6, 6.07) is 6.41. The molecule has 3 rings (SSSR count). The number of carbonyl (C=O) groups excluding carboxylic acids is 1. The van der Waals surface area contributed by atoms with Crippen LogP contribution in [-0.4, -0.2) is 23.3 Å². The van der Waals surface area contributed by atoms with Gasteiger partial charge in [0.05, 0.1) is 11.7 Å². The van der Waals surface area contributed by atoms with E-state index in [1.54, 1.807) is 0 Å². The predicted octanol–water partition coefficient (Wildman–Crippen LogP) is 1.49. The maximum Gasteiger partial charge on any atom is 0.246 e. The van der Waals surface area contributed by atoms with E-state index in [-0.39, 0.29) is 11.9 Å². The van der Waals surface area contributed by atoms with Crippen LogP contribution in [0.2, 0.25) is 0 Å². The average Bonchev–Trinajstić information content (AvgIpc) is 2.61. The third-order valence-electron chi connectivity index (χ3n) is 3.16. The first-order chi connectivity index (χ1) is 7.65. The number of nitrogens with one attached hydrogen (secondary N) is 1. The number of aryl methyl sites for hydroxylation is 1. The van der Waals surface area contributed by atoms with E-state index < -0.39 is 0 Å². The smallest absolute Gasteiger partial charge is 0.246 e. The zero-order valence-corrected chi connectivity index (χ0v) is 9.32. The van der Waals surface area contributed by atoms with Crippen molar-refractivity contribution in [1.29, 1.82) is 0 Å². The molecule has 1 saturated heterocycles. The molecule has 2 aliphatic rings. The summed E-state index contributed by atoms with van der Waals surface area (Å²) in [4.78, 5) is 17.8. The molecule has 1 N–H and O–H groups in total. The molecule has 2 heterocycles. The summed E-state index contributed by atoms with van der Waals surface area (Å²) in [6.07, 6.45) is 0. The molecule has 1 amide bonds. The maximum absolute atomic E-state index is 11.3. The lowest BCUT2D eigenvalue weighted by Gasteiger charge is -2.30. The number of aliphatic imine (C=N–C) groups is 1. The number of hydrogen-bond acceptors (Lipinski definition) is 3. The summed E-state index contributed by atoms with van der Waals surface area (Å²) in [5.74, 6) is 0.712. The molecule has 0 saturated carbocycles. The number of amides is 1. The third kappa shape index (κ3) is 1.23. The number of carbonyl (C=O) groups is 1. The Morgan fingerprint density at radius 3 is 3.12 bits per heavy atom. The molecule has 82 valence electrons. The van der Waals surface area contributed by atoms with Crippen molar-refractivity contribution in [3.05, 3.63) is 29.3 Å². The standard InChI is InChI=1S/C12H13N3O/c1-7-3-4-10-9(5-7)8(2)15-6-11(16)14-12(15)13-10/h3-5,8H,6H2,1-2H3,(H,13,14,16). The molecule has 0 spiro atoms. The molecule has 16 heavy (non-hydrogen) atoms. The van der Waals surface area contributed by atoms with E-state index in [0.29, 0.717) is 12.5 Å². The van der Waals surface area contributed by atoms with Crippen LogP contribution < -0.4 is 5.32 Å². The van der Waals surface area contributed by atoms with Crippen molar-refractivity contribution in [2.75, 3.05) is 6.54 Å². The molecule has 4 nitrogen and oxygen atoms in total. The van der Waals surface area contributed by atoms with E-state index in [4.69, 9.17) is 0 Å². The van der Waals surface area contributed by atoms with Crippen LogP contribution >= 0.6 is 0 Å². The van der Waals surface area contributed by atoms with Crippen LogP contribution in [0, 0.1) is 6.92 Å².